The quantitative estimate of drug-likeness (QED) is 0.594. The van der Waals surface area contributed by atoms with Gasteiger partial charge in [0.15, 0.2) is 5.96 Å². The average molecular weight is 382 g/mol. The first-order valence-corrected chi connectivity index (χ1v) is 10.2. The van der Waals surface area contributed by atoms with Crippen LogP contribution in [0.15, 0.2) is 59.6 Å². The van der Waals surface area contributed by atoms with Crippen molar-refractivity contribution >= 4 is 5.96 Å². The molecule has 0 bridgehead atoms. The Kier molecular flexibility index (Phi) is 7.31. The van der Waals surface area contributed by atoms with Crippen molar-refractivity contribution in [2.75, 3.05) is 26.2 Å². The molecule has 2 N–H and O–H groups in total. The molecule has 0 spiro atoms. The topological polar surface area (TPSA) is 57.1 Å². The summed E-state index contributed by atoms with van der Waals surface area (Å²) >= 11 is 0. The summed E-state index contributed by atoms with van der Waals surface area (Å²) in [4.78, 5) is 6.95. The molecular weight excluding hydrogens is 350 g/mol. The summed E-state index contributed by atoms with van der Waals surface area (Å²) in [5.41, 5.74) is 2.06. The van der Waals surface area contributed by atoms with Crippen molar-refractivity contribution < 1.29 is 9.84 Å². The van der Waals surface area contributed by atoms with E-state index in [0.717, 1.165) is 55.3 Å². The molecule has 0 radical (unpaired) electrons. The molecule has 1 saturated heterocycles. The number of rotatable bonds is 6. The number of likely N-dealkylation sites (tertiary alicyclic amines) is 1. The molecule has 1 atom stereocenters. The fourth-order valence-electron chi connectivity index (χ4n) is 3.46. The predicted octanol–water partition coefficient (Wildman–Crippen LogP) is 3.54. The summed E-state index contributed by atoms with van der Waals surface area (Å²) in [7, 11) is 0. The number of guanidine groups is 1. The fourth-order valence-corrected chi connectivity index (χ4v) is 3.46. The van der Waals surface area contributed by atoms with Crippen LogP contribution < -0.4 is 10.1 Å². The Bertz CT molecular complexity index is 755. The average Bonchev–Trinajstić information content (AvgIpc) is 2.72. The lowest BCUT2D eigenvalue weighted by molar-refractivity contribution is 0.129. The van der Waals surface area contributed by atoms with Crippen LogP contribution in [0.4, 0.5) is 0 Å². The van der Waals surface area contributed by atoms with Crippen LogP contribution in [0.3, 0.4) is 0 Å². The van der Waals surface area contributed by atoms with E-state index in [9.17, 15) is 5.11 Å². The van der Waals surface area contributed by atoms with Gasteiger partial charge in [-0.05, 0) is 31.5 Å². The van der Waals surface area contributed by atoms with Gasteiger partial charge in [-0.25, -0.2) is 0 Å². The zero-order chi connectivity index (χ0) is 19.8. The third-order valence-corrected chi connectivity index (χ3v) is 4.96. The Morgan fingerprint density at radius 1 is 1.18 bits per heavy atom. The van der Waals surface area contributed by atoms with Gasteiger partial charge in [-0.3, -0.25) is 4.99 Å². The van der Waals surface area contributed by atoms with Gasteiger partial charge in [0.1, 0.15) is 11.9 Å². The lowest BCUT2D eigenvalue weighted by atomic mass is 10.1. The number of hydrogen-bond acceptors (Lipinski definition) is 3. The maximum absolute atomic E-state index is 10.5. The van der Waals surface area contributed by atoms with Gasteiger partial charge in [0.05, 0.1) is 12.6 Å². The van der Waals surface area contributed by atoms with E-state index in [1.807, 2.05) is 61.5 Å². The highest BCUT2D eigenvalue weighted by atomic mass is 16.5. The zero-order valence-electron chi connectivity index (χ0n) is 16.8. The van der Waals surface area contributed by atoms with Gasteiger partial charge >= 0.3 is 0 Å². The second-order valence-electron chi connectivity index (χ2n) is 7.24. The summed E-state index contributed by atoms with van der Waals surface area (Å²) in [5.74, 6) is 1.80. The van der Waals surface area contributed by atoms with Gasteiger partial charge in [0.2, 0.25) is 0 Å². The lowest BCUT2D eigenvalue weighted by Crippen LogP contribution is -2.47. The van der Waals surface area contributed by atoms with E-state index in [-0.39, 0.29) is 6.10 Å². The maximum Gasteiger partial charge on any atom is 0.194 e. The standard InChI is InChI=1S/C23H31N3O2/c1-3-24-23(25-17-22(27)19-9-7-8-18(2)16-19)26-14-12-21(13-15-26)28-20-10-5-4-6-11-20/h4-11,16,21-22,27H,3,12-15,17H2,1-2H3,(H,24,25). The number of aryl methyl sites for hydroxylation is 1. The van der Waals surface area contributed by atoms with Gasteiger partial charge in [-0.15, -0.1) is 0 Å². The molecule has 5 nitrogen and oxygen atoms in total. The fraction of sp³-hybridized carbons (Fsp3) is 0.435. The highest BCUT2D eigenvalue weighted by Crippen LogP contribution is 2.19. The van der Waals surface area contributed by atoms with Crippen molar-refractivity contribution in [3.05, 3.63) is 65.7 Å². The van der Waals surface area contributed by atoms with Gasteiger partial charge < -0.3 is 20.1 Å². The molecule has 1 fully saturated rings. The Morgan fingerprint density at radius 3 is 2.61 bits per heavy atom. The van der Waals surface area contributed by atoms with Gasteiger partial charge in [0, 0.05) is 32.5 Å². The number of para-hydroxylation sites is 1. The van der Waals surface area contributed by atoms with Crippen LogP contribution in [-0.4, -0.2) is 48.2 Å². The normalized spacial score (nSPS) is 16.7. The maximum atomic E-state index is 10.5. The van der Waals surface area contributed by atoms with Crippen LogP contribution in [0.25, 0.3) is 0 Å². The predicted molar refractivity (Wildman–Crippen MR) is 114 cm³/mol. The largest absolute Gasteiger partial charge is 0.490 e. The Balaban J connectivity index is 1.56. The van der Waals surface area contributed by atoms with Crippen molar-refractivity contribution in [1.82, 2.24) is 10.2 Å². The van der Waals surface area contributed by atoms with E-state index in [0.29, 0.717) is 6.54 Å². The van der Waals surface area contributed by atoms with Crippen LogP contribution in [0.1, 0.15) is 37.0 Å². The Hall–Kier alpha value is -2.53. The van der Waals surface area contributed by atoms with E-state index < -0.39 is 6.10 Å². The van der Waals surface area contributed by atoms with Crippen molar-refractivity contribution in [2.24, 2.45) is 4.99 Å². The van der Waals surface area contributed by atoms with E-state index in [4.69, 9.17) is 9.73 Å². The molecule has 1 unspecified atom stereocenters. The first kappa shape index (κ1) is 20.2. The summed E-state index contributed by atoms with van der Waals surface area (Å²) < 4.78 is 6.08. The molecule has 2 aromatic rings. The number of hydrogen-bond donors (Lipinski definition) is 2. The Labute approximate surface area is 168 Å². The number of aliphatic imine (C=N–C) groups is 1. The van der Waals surface area contributed by atoms with Crippen LogP contribution in [0.2, 0.25) is 0 Å². The van der Waals surface area contributed by atoms with Crippen molar-refractivity contribution in [3.8, 4) is 5.75 Å². The molecule has 28 heavy (non-hydrogen) atoms. The number of nitrogens with zero attached hydrogens (tertiary/aromatic N) is 2. The van der Waals surface area contributed by atoms with Crippen LogP contribution in [0, 0.1) is 6.92 Å². The molecule has 0 saturated carbocycles. The summed E-state index contributed by atoms with van der Waals surface area (Å²) in [6.07, 6.45) is 1.56. The SMILES string of the molecule is CCNC(=NCC(O)c1cccc(C)c1)N1CCC(Oc2ccccc2)CC1. The first-order valence-electron chi connectivity index (χ1n) is 10.2. The van der Waals surface area contributed by atoms with Crippen LogP contribution >= 0.6 is 0 Å². The van der Waals surface area contributed by atoms with Crippen molar-refractivity contribution in [3.63, 3.8) is 0 Å². The molecule has 2 aromatic carbocycles. The molecule has 1 heterocycles. The number of aliphatic hydroxyl groups excluding tert-OH is 1. The van der Waals surface area contributed by atoms with Crippen molar-refractivity contribution in [2.45, 2.75) is 38.9 Å². The monoisotopic (exact) mass is 381 g/mol. The molecule has 0 aromatic heterocycles. The van der Waals surface area contributed by atoms with Gasteiger partial charge in [-0.2, -0.15) is 0 Å². The van der Waals surface area contributed by atoms with E-state index >= 15 is 0 Å². The molecule has 0 amide bonds. The molecule has 0 aliphatic carbocycles. The van der Waals surface area contributed by atoms with E-state index in [1.165, 1.54) is 0 Å². The second-order valence-corrected chi connectivity index (χ2v) is 7.24. The van der Waals surface area contributed by atoms with Crippen LogP contribution in [-0.2, 0) is 0 Å². The van der Waals surface area contributed by atoms with Gasteiger partial charge in [0.25, 0.3) is 0 Å². The number of piperidine rings is 1. The smallest absolute Gasteiger partial charge is 0.194 e. The number of nitrogens with one attached hydrogen (secondary N) is 1. The molecular formula is C23H31N3O2. The third kappa shape index (κ3) is 5.73. The molecule has 1 aliphatic rings. The summed E-state index contributed by atoms with van der Waals surface area (Å²) in [5, 5.41) is 13.9. The van der Waals surface area contributed by atoms with E-state index in [1.54, 1.807) is 0 Å². The zero-order valence-corrected chi connectivity index (χ0v) is 16.8. The molecule has 5 heteroatoms. The van der Waals surface area contributed by atoms with Gasteiger partial charge in [-0.1, -0.05) is 48.0 Å². The highest BCUT2D eigenvalue weighted by Gasteiger charge is 2.23. The minimum absolute atomic E-state index is 0.236. The number of aliphatic hydroxyl groups is 1. The van der Waals surface area contributed by atoms with E-state index in [2.05, 4.69) is 17.1 Å². The number of ether oxygens (including phenoxy) is 1. The van der Waals surface area contributed by atoms with Crippen molar-refractivity contribution in [1.29, 1.82) is 0 Å². The lowest BCUT2D eigenvalue weighted by Gasteiger charge is -2.34. The van der Waals surface area contributed by atoms with Crippen LogP contribution in [0.5, 0.6) is 5.75 Å². The third-order valence-electron chi connectivity index (χ3n) is 4.96. The molecule has 3 rings (SSSR count). The first-order chi connectivity index (χ1) is 13.7. The Morgan fingerprint density at radius 2 is 1.93 bits per heavy atom. The molecule has 1 aliphatic heterocycles. The number of benzene rings is 2. The summed E-state index contributed by atoms with van der Waals surface area (Å²) in [6, 6.07) is 18.0. The summed E-state index contributed by atoms with van der Waals surface area (Å²) in [6.45, 7) is 7.04. The minimum Gasteiger partial charge on any atom is -0.490 e. The molecule has 150 valence electrons. The minimum atomic E-state index is -0.590. The second kappa shape index (κ2) is 10.1. The highest BCUT2D eigenvalue weighted by molar-refractivity contribution is 5.80.